The molecule has 0 atom stereocenters. The van der Waals surface area contributed by atoms with Crippen molar-refractivity contribution < 1.29 is 24.2 Å². The molecule has 6 heteroatoms. The summed E-state index contributed by atoms with van der Waals surface area (Å²) in [6.07, 6.45) is 1.26. The van der Waals surface area contributed by atoms with Crippen molar-refractivity contribution in [2.75, 3.05) is 11.5 Å². The smallest absolute Gasteiger partial charge is 0.341 e. The molecule has 0 fully saturated rings. The fourth-order valence-electron chi connectivity index (χ4n) is 1.69. The number of carbonyl (C=O) groups is 3. The summed E-state index contributed by atoms with van der Waals surface area (Å²) in [4.78, 5) is 34.9. The maximum absolute atomic E-state index is 11.8. The number of carboxylic acid groups (broad SMARTS) is 1. The number of rotatable bonds is 4. The van der Waals surface area contributed by atoms with Crippen LogP contribution in [0.2, 0.25) is 0 Å². The topological polar surface area (TPSA) is 83.9 Å². The van der Waals surface area contributed by atoms with Gasteiger partial charge < -0.3 is 9.84 Å². The van der Waals surface area contributed by atoms with Gasteiger partial charge in [-0.05, 0) is 19.1 Å². The number of aliphatic carboxylic acids is 1. The van der Waals surface area contributed by atoms with Crippen LogP contribution in [-0.4, -0.2) is 29.5 Å². The van der Waals surface area contributed by atoms with E-state index in [1.807, 2.05) is 0 Å². The second kappa shape index (κ2) is 4.93. The van der Waals surface area contributed by atoms with Crippen molar-refractivity contribution in [2.45, 2.75) is 6.92 Å². The number of hydrogen-bond donors (Lipinski definition) is 1. The monoisotopic (exact) mass is 261 g/mol. The van der Waals surface area contributed by atoms with Crippen LogP contribution in [0.5, 0.6) is 5.75 Å². The SMILES string of the molecule is CC1=CC(=O)N(c2cccc(OCC(=O)O)c2)C1=O. The Kier molecular flexibility index (Phi) is 3.33. The van der Waals surface area contributed by atoms with Crippen LogP contribution in [0, 0.1) is 0 Å². The largest absolute Gasteiger partial charge is 0.482 e. The van der Waals surface area contributed by atoms with Gasteiger partial charge in [0.2, 0.25) is 0 Å². The Bertz CT molecular complexity index is 590. The zero-order valence-electron chi connectivity index (χ0n) is 10.1. The quantitative estimate of drug-likeness (QED) is 0.816. The van der Waals surface area contributed by atoms with Gasteiger partial charge in [0, 0.05) is 17.7 Å². The van der Waals surface area contributed by atoms with Crippen LogP contribution >= 0.6 is 0 Å². The van der Waals surface area contributed by atoms with Gasteiger partial charge in [-0.25, -0.2) is 9.69 Å². The number of nitrogens with zero attached hydrogens (tertiary/aromatic N) is 1. The van der Waals surface area contributed by atoms with Crippen molar-refractivity contribution in [2.24, 2.45) is 0 Å². The zero-order valence-corrected chi connectivity index (χ0v) is 10.1. The predicted octanol–water partition coefficient (Wildman–Crippen LogP) is 0.970. The molecule has 0 saturated heterocycles. The van der Waals surface area contributed by atoms with Gasteiger partial charge in [-0.3, -0.25) is 9.59 Å². The second-order valence-corrected chi connectivity index (χ2v) is 3.99. The first-order valence-corrected chi connectivity index (χ1v) is 5.50. The van der Waals surface area contributed by atoms with Gasteiger partial charge in [-0.15, -0.1) is 0 Å². The summed E-state index contributed by atoms with van der Waals surface area (Å²) in [5, 5.41) is 8.52. The number of anilines is 1. The van der Waals surface area contributed by atoms with E-state index >= 15 is 0 Å². The Hall–Kier alpha value is -2.63. The minimum absolute atomic E-state index is 0.282. The summed E-state index contributed by atoms with van der Waals surface area (Å²) in [6.45, 7) is 1.08. The highest BCUT2D eigenvalue weighted by molar-refractivity contribution is 6.30. The summed E-state index contributed by atoms with van der Waals surface area (Å²) < 4.78 is 5.00. The molecule has 0 radical (unpaired) electrons. The molecule has 1 N–H and O–H groups in total. The van der Waals surface area contributed by atoms with E-state index in [1.165, 1.54) is 12.1 Å². The normalized spacial score (nSPS) is 14.6. The fourth-order valence-corrected chi connectivity index (χ4v) is 1.69. The Labute approximate surface area is 108 Å². The zero-order chi connectivity index (χ0) is 14.0. The molecule has 1 heterocycles. The van der Waals surface area contributed by atoms with Crippen LogP contribution in [0.1, 0.15) is 6.92 Å². The molecule has 2 amide bonds. The average Bonchev–Trinajstić information content (AvgIpc) is 2.61. The Balaban J connectivity index is 2.22. The highest BCUT2D eigenvalue weighted by Crippen LogP contribution is 2.25. The second-order valence-electron chi connectivity index (χ2n) is 3.99. The lowest BCUT2D eigenvalue weighted by Crippen LogP contribution is -2.30. The Morgan fingerprint density at radius 2 is 2.11 bits per heavy atom. The Morgan fingerprint density at radius 3 is 2.68 bits per heavy atom. The van der Waals surface area contributed by atoms with Gasteiger partial charge in [0.05, 0.1) is 5.69 Å². The Morgan fingerprint density at radius 1 is 1.37 bits per heavy atom. The van der Waals surface area contributed by atoms with Crippen LogP contribution in [-0.2, 0) is 14.4 Å². The third-order valence-corrected chi connectivity index (χ3v) is 2.54. The molecular weight excluding hydrogens is 250 g/mol. The van der Waals surface area contributed by atoms with E-state index in [2.05, 4.69) is 0 Å². The number of carbonyl (C=O) groups excluding carboxylic acids is 2. The molecule has 19 heavy (non-hydrogen) atoms. The van der Waals surface area contributed by atoms with Crippen molar-refractivity contribution in [1.29, 1.82) is 0 Å². The number of amides is 2. The first kappa shape index (κ1) is 12.8. The van der Waals surface area contributed by atoms with Crippen molar-refractivity contribution in [3.05, 3.63) is 35.9 Å². The molecule has 1 aromatic rings. The van der Waals surface area contributed by atoms with Gasteiger partial charge in [-0.1, -0.05) is 6.07 Å². The lowest BCUT2D eigenvalue weighted by Gasteiger charge is -2.15. The molecular formula is C13H11NO5. The van der Waals surface area contributed by atoms with Crippen LogP contribution in [0.3, 0.4) is 0 Å². The molecule has 0 spiro atoms. The minimum atomic E-state index is -1.10. The molecule has 0 bridgehead atoms. The molecule has 1 aromatic carbocycles. The molecule has 2 rings (SSSR count). The highest BCUT2D eigenvalue weighted by atomic mass is 16.5. The average molecular weight is 261 g/mol. The summed E-state index contributed by atoms with van der Waals surface area (Å²) in [5.74, 6) is -1.63. The summed E-state index contributed by atoms with van der Waals surface area (Å²) in [7, 11) is 0. The van der Waals surface area contributed by atoms with Crippen LogP contribution in [0.4, 0.5) is 5.69 Å². The van der Waals surface area contributed by atoms with Crippen LogP contribution in [0.25, 0.3) is 0 Å². The third-order valence-electron chi connectivity index (χ3n) is 2.54. The molecule has 0 aliphatic carbocycles. The van der Waals surface area contributed by atoms with Crippen molar-refractivity contribution in [3.8, 4) is 5.75 Å². The fraction of sp³-hybridized carbons (Fsp3) is 0.154. The van der Waals surface area contributed by atoms with E-state index in [0.717, 1.165) is 4.90 Å². The summed E-state index contributed by atoms with van der Waals surface area (Å²) in [5.41, 5.74) is 0.716. The minimum Gasteiger partial charge on any atom is -0.482 e. The number of imide groups is 1. The number of ether oxygens (including phenoxy) is 1. The molecule has 0 aromatic heterocycles. The van der Waals surface area contributed by atoms with Crippen molar-refractivity contribution >= 4 is 23.5 Å². The van der Waals surface area contributed by atoms with Gasteiger partial charge in [0.25, 0.3) is 11.8 Å². The lowest BCUT2D eigenvalue weighted by atomic mass is 10.2. The van der Waals surface area contributed by atoms with Gasteiger partial charge >= 0.3 is 5.97 Å². The van der Waals surface area contributed by atoms with Gasteiger partial charge in [0.15, 0.2) is 6.61 Å². The van der Waals surface area contributed by atoms with Crippen LogP contribution < -0.4 is 9.64 Å². The molecule has 1 aliphatic rings. The molecule has 98 valence electrons. The van der Waals surface area contributed by atoms with E-state index in [-0.39, 0.29) is 11.7 Å². The summed E-state index contributed by atoms with van der Waals surface area (Å²) in [6, 6.07) is 6.17. The van der Waals surface area contributed by atoms with E-state index < -0.39 is 18.5 Å². The van der Waals surface area contributed by atoms with Crippen molar-refractivity contribution in [3.63, 3.8) is 0 Å². The van der Waals surface area contributed by atoms with Crippen molar-refractivity contribution in [1.82, 2.24) is 0 Å². The predicted molar refractivity (Wildman–Crippen MR) is 65.8 cm³/mol. The van der Waals surface area contributed by atoms with E-state index in [0.29, 0.717) is 11.3 Å². The maximum atomic E-state index is 11.8. The molecule has 0 saturated carbocycles. The highest BCUT2D eigenvalue weighted by Gasteiger charge is 2.29. The number of carboxylic acids is 1. The van der Waals surface area contributed by atoms with E-state index in [4.69, 9.17) is 9.84 Å². The maximum Gasteiger partial charge on any atom is 0.341 e. The first-order chi connectivity index (χ1) is 8.99. The number of hydrogen-bond acceptors (Lipinski definition) is 4. The molecule has 0 unspecified atom stereocenters. The van der Waals surface area contributed by atoms with Gasteiger partial charge in [-0.2, -0.15) is 0 Å². The number of benzene rings is 1. The lowest BCUT2D eigenvalue weighted by molar-refractivity contribution is -0.139. The van der Waals surface area contributed by atoms with E-state index in [1.54, 1.807) is 25.1 Å². The van der Waals surface area contributed by atoms with E-state index in [9.17, 15) is 14.4 Å². The van der Waals surface area contributed by atoms with Crippen LogP contribution in [0.15, 0.2) is 35.9 Å². The first-order valence-electron chi connectivity index (χ1n) is 5.50. The molecule has 1 aliphatic heterocycles. The summed E-state index contributed by atoms with van der Waals surface area (Å²) >= 11 is 0. The third kappa shape index (κ3) is 2.62. The molecule has 6 nitrogen and oxygen atoms in total. The standard InChI is InChI=1S/C13H11NO5/c1-8-5-11(15)14(13(8)18)9-3-2-4-10(6-9)19-7-12(16)17/h2-6H,7H2,1H3,(H,16,17). The van der Waals surface area contributed by atoms with Gasteiger partial charge in [0.1, 0.15) is 5.75 Å².